The summed E-state index contributed by atoms with van der Waals surface area (Å²) >= 11 is 0. The molecule has 0 aromatic heterocycles. The summed E-state index contributed by atoms with van der Waals surface area (Å²) in [5.41, 5.74) is 0. The third-order valence-corrected chi connectivity index (χ3v) is 3.11. The van der Waals surface area contributed by atoms with Crippen molar-refractivity contribution in [3.8, 4) is 0 Å². The fourth-order valence-electron chi connectivity index (χ4n) is 1.64. The molecule has 96 valence electrons. The van der Waals surface area contributed by atoms with Gasteiger partial charge in [-0.1, -0.05) is 27.7 Å². The van der Waals surface area contributed by atoms with Crippen molar-refractivity contribution in [1.82, 2.24) is 9.80 Å². The Morgan fingerprint density at radius 3 is 1.94 bits per heavy atom. The largest absolute Gasteiger partial charge is 0.344 e. The molecular formula is C13H28N2O. The summed E-state index contributed by atoms with van der Waals surface area (Å²) in [4.78, 5) is 15.9. The molecule has 0 N–H and O–H groups in total. The number of nitrogens with zero attached hydrogens (tertiary/aromatic N) is 2. The molecule has 0 rings (SSSR count). The van der Waals surface area contributed by atoms with E-state index in [9.17, 15) is 4.79 Å². The molecule has 0 aromatic rings. The molecule has 0 aliphatic carbocycles. The SMILES string of the molecule is CC(C)CN(C)C(=O)CN(C)C(C)C(C)C. The van der Waals surface area contributed by atoms with E-state index < -0.39 is 0 Å². The van der Waals surface area contributed by atoms with Crippen molar-refractivity contribution in [2.45, 2.75) is 40.7 Å². The molecule has 0 fully saturated rings. The van der Waals surface area contributed by atoms with Crippen LogP contribution in [0.2, 0.25) is 0 Å². The molecular weight excluding hydrogens is 200 g/mol. The minimum Gasteiger partial charge on any atom is -0.344 e. The number of rotatable bonds is 6. The highest BCUT2D eigenvalue weighted by Gasteiger charge is 2.18. The minimum absolute atomic E-state index is 0.212. The van der Waals surface area contributed by atoms with Gasteiger partial charge in [0.1, 0.15) is 0 Å². The lowest BCUT2D eigenvalue weighted by atomic mass is 10.1. The van der Waals surface area contributed by atoms with Crippen molar-refractivity contribution >= 4 is 5.91 Å². The first-order valence-electron chi connectivity index (χ1n) is 6.19. The number of carbonyl (C=O) groups is 1. The van der Waals surface area contributed by atoms with Gasteiger partial charge in [0.2, 0.25) is 5.91 Å². The highest BCUT2D eigenvalue weighted by atomic mass is 16.2. The van der Waals surface area contributed by atoms with Gasteiger partial charge in [0, 0.05) is 19.6 Å². The zero-order valence-corrected chi connectivity index (χ0v) is 11.9. The van der Waals surface area contributed by atoms with Gasteiger partial charge in [-0.05, 0) is 25.8 Å². The first-order valence-corrected chi connectivity index (χ1v) is 6.19. The van der Waals surface area contributed by atoms with Crippen molar-refractivity contribution < 1.29 is 4.79 Å². The van der Waals surface area contributed by atoms with E-state index in [4.69, 9.17) is 0 Å². The first kappa shape index (κ1) is 15.4. The molecule has 0 heterocycles. The minimum atomic E-state index is 0.212. The maximum atomic E-state index is 11.9. The lowest BCUT2D eigenvalue weighted by molar-refractivity contribution is -0.131. The highest BCUT2D eigenvalue weighted by Crippen LogP contribution is 2.08. The van der Waals surface area contributed by atoms with Gasteiger partial charge < -0.3 is 4.90 Å². The van der Waals surface area contributed by atoms with Gasteiger partial charge >= 0.3 is 0 Å². The van der Waals surface area contributed by atoms with E-state index in [-0.39, 0.29) is 5.91 Å². The lowest BCUT2D eigenvalue weighted by Gasteiger charge is -2.29. The molecule has 1 atom stereocenters. The predicted molar refractivity (Wildman–Crippen MR) is 69.4 cm³/mol. The average molecular weight is 228 g/mol. The molecule has 0 aliphatic heterocycles. The zero-order chi connectivity index (χ0) is 12.9. The van der Waals surface area contributed by atoms with Crippen molar-refractivity contribution in [1.29, 1.82) is 0 Å². The number of amides is 1. The normalized spacial score (nSPS) is 13.6. The fraction of sp³-hybridized carbons (Fsp3) is 0.923. The topological polar surface area (TPSA) is 23.6 Å². The van der Waals surface area contributed by atoms with E-state index in [2.05, 4.69) is 39.5 Å². The monoisotopic (exact) mass is 228 g/mol. The summed E-state index contributed by atoms with van der Waals surface area (Å²) in [6.07, 6.45) is 0. The Kier molecular flexibility index (Phi) is 6.65. The summed E-state index contributed by atoms with van der Waals surface area (Å²) in [5, 5.41) is 0. The Morgan fingerprint density at radius 1 is 1.06 bits per heavy atom. The molecule has 1 amide bonds. The molecule has 0 aliphatic rings. The van der Waals surface area contributed by atoms with Gasteiger partial charge in [0.05, 0.1) is 6.54 Å². The van der Waals surface area contributed by atoms with Crippen LogP contribution in [0.5, 0.6) is 0 Å². The van der Waals surface area contributed by atoms with E-state index >= 15 is 0 Å². The molecule has 1 unspecified atom stereocenters. The third kappa shape index (κ3) is 5.50. The van der Waals surface area contributed by atoms with Crippen LogP contribution in [0.25, 0.3) is 0 Å². The van der Waals surface area contributed by atoms with Crippen LogP contribution in [0, 0.1) is 11.8 Å². The van der Waals surface area contributed by atoms with Gasteiger partial charge in [-0.3, -0.25) is 9.69 Å². The van der Waals surface area contributed by atoms with Gasteiger partial charge in [-0.15, -0.1) is 0 Å². The van der Waals surface area contributed by atoms with Crippen LogP contribution < -0.4 is 0 Å². The van der Waals surface area contributed by atoms with Crippen molar-refractivity contribution in [3.05, 3.63) is 0 Å². The van der Waals surface area contributed by atoms with Gasteiger partial charge in [0.15, 0.2) is 0 Å². The molecule has 3 heteroatoms. The van der Waals surface area contributed by atoms with Crippen LogP contribution >= 0.6 is 0 Å². The van der Waals surface area contributed by atoms with Crippen molar-refractivity contribution in [3.63, 3.8) is 0 Å². The van der Waals surface area contributed by atoms with Crippen LogP contribution in [0.1, 0.15) is 34.6 Å². The second kappa shape index (κ2) is 6.89. The van der Waals surface area contributed by atoms with E-state index in [0.717, 1.165) is 6.54 Å². The Hall–Kier alpha value is -0.570. The maximum absolute atomic E-state index is 11.9. The maximum Gasteiger partial charge on any atom is 0.236 e. The third-order valence-electron chi connectivity index (χ3n) is 3.11. The summed E-state index contributed by atoms with van der Waals surface area (Å²) in [7, 11) is 3.90. The van der Waals surface area contributed by atoms with Crippen molar-refractivity contribution in [2.24, 2.45) is 11.8 Å². The molecule has 16 heavy (non-hydrogen) atoms. The van der Waals surface area contributed by atoms with Crippen LogP contribution in [0.3, 0.4) is 0 Å². The Balaban J connectivity index is 4.13. The smallest absolute Gasteiger partial charge is 0.236 e. The predicted octanol–water partition coefficient (Wildman–Crippen LogP) is 2.08. The second-order valence-electron chi connectivity index (χ2n) is 5.57. The number of hydrogen-bond donors (Lipinski definition) is 0. The molecule has 0 saturated carbocycles. The number of hydrogen-bond acceptors (Lipinski definition) is 2. The van der Waals surface area contributed by atoms with Gasteiger partial charge in [-0.25, -0.2) is 0 Å². The molecule has 0 radical (unpaired) electrons. The van der Waals surface area contributed by atoms with E-state index in [1.165, 1.54) is 0 Å². The quantitative estimate of drug-likeness (QED) is 0.695. The molecule has 0 bridgehead atoms. The summed E-state index contributed by atoms with van der Waals surface area (Å²) < 4.78 is 0. The van der Waals surface area contributed by atoms with Crippen LogP contribution in [0.15, 0.2) is 0 Å². The van der Waals surface area contributed by atoms with E-state index in [0.29, 0.717) is 24.4 Å². The van der Waals surface area contributed by atoms with E-state index in [1.54, 1.807) is 0 Å². The summed E-state index contributed by atoms with van der Waals surface area (Å²) in [6, 6.07) is 0.441. The van der Waals surface area contributed by atoms with Crippen LogP contribution in [0.4, 0.5) is 0 Å². The summed E-state index contributed by atoms with van der Waals surface area (Å²) in [5.74, 6) is 1.32. The van der Waals surface area contributed by atoms with Crippen molar-refractivity contribution in [2.75, 3.05) is 27.2 Å². The lowest BCUT2D eigenvalue weighted by Crippen LogP contribution is -2.43. The molecule has 0 aromatic carbocycles. The van der Waals surface area contributed by atoms with Gasteiger partial charge in [-0.2, -0.15) is 0 Å². The Morgan fingerprint density at radius 2 is 1.56 bits per heavy atom. The van der Waals surface area contributed by atoms with E-state index in [1.807, 2.05) is 19.0 Å². The second-order valence-corrected chi connectivity index (χ2v) is 5.57. The standard InChI is InChI=1S/C13H28N2O/c1-10(2)8-15(7)13(16)9-14(6)12(5)11(3)4/h10-12H,8-9H2,1-7H3. The average Bonchev–Trinajstić information content (AvgIpc) is 2.14. The highest BCUT2D eigenvalue weighted by molar-refractivity contribution is 5.77. The Labute approximate surface area is 101 Å². The molecule has 0 spiro atoms. The fourth-order valence-corrected chi connectivity index (χ4v) is 1.64. The molecule has 0 saturated heterocycles. The molecule has 3 nitrogen and oxygen atoms in total. The summed E-state index contributed by atoms with van der Waals surface area (Å²) in [6.45, 7) is 12.1. The number of likely N-dealkylation sites (N-methyl/N-ethyl adjacent to an activating group) is 2. The van der Waals surface area contributed by atoms with Crippen LogP contribution in [-0.4, -0.2) is 48.9 Å². The Bertz CT molecular complexity index is 214. The van der Waals surface area contributed by atoms with Gasteiger partial charge in [0.25, 0.3) is 0 Å². The zero-order valence-electron chi connectivity index (χ0n) is 11.9. The first-order chi connectivity index (χ1) is 7.25. The van der Waals surface area contributed by atoms with Crippen LogP contribution in [-0.2, 0) is 4.79 Å². The number of carbonyl (C=O) groups excluding carboxylic acids is 1.